The van der Waals surface area contributed by atoms with Crippen LogP contribution in [0.3, 0.4) is 0 Å². The van der Waals surface area contributed by atoms with Crippen molar-refractivity contribution < 1.29 is 0 Å². The molecule has 0 saturated carbocycles. The molecule has 1 N–H and O–H groups in total. The highest BCUT2D eigenvalue weighted by Crippen LogP contribution is 2.04. The maximum atomic E-state index is 4.70. The van der Waals surface area contributed by atoms with Crippen LogP contribution >= 0.6 is 24.0 Å². The minimum Gasteiger partial charge on any atom is -0.357 e. The van der Waals surface area contributed by atoms with Gasteiger partial charge in [-0.05, 0) is 31.5 Å². The maximum absolute atomic E-state index is 4.70. The van der Waals surface area contributed by atoms with Gasteiger partial charge in [-0.15, -0.1) is 24.0 Å². The lowest BCUT2D eigenvalue weighted by Gasteiger charge is -2.22. The standard InChI is InChI=1S/C16H26N6.HI/c1-4-17-16(18-9-6-12-22-13-7-10-19-22)21(3)14-15-8-5-11-20(15)2;/h5,7-8,10-11,13H,4,6,9,12,14H2,1-3H3,(H,17,18);1H. The summed E-state index contributed by atoms with van der Waals surface area (Å²) in [5.74, 6) is 0.948. The second-order valence-electron chi connectivity index (χ2n) is 5.32. The third-order valence-electron chi connectivity index (χ3n) is 3.51. The summed E-state index contributed by atoms with van der Waals surface area (Å²) in [6.45, 7) is 5.50. The Kier molecular flexibility index (Phi) is 8.75. The molecule has 0 aromatic carbocycles. The molecule has 0 aliphatic rings. The Morgan fingerprint density at radius 3 is 2.78 bits per heavy atom. The molecule has 0 radical (unpaired) electrons. The van der Waals surface area contributed by atoms with Gasteiger partial charge in [0.05, 0.1) is 6.54 Å². The molecule has 0 saturated heterocycles. The molecule has 0 aliphatic carbocycles. The van der Waals surface area contributed by atoms with Crippen molar-refractivity contribution in [2.24, 2.45) is 12.0 Å². The first kappa shape index (κ1) is 19.5. The van der Waals surface area contributed by atoms with Crippen molar-refractivity contribution in [1.82, 2.24) is 24.6 Å². The van der Waals surface area contributed by atoms with E-state index in [1.807, 2.05) is 16.9 Å². The van der Waals surface area contributed by atoms with Crippen molar-refractivity contribution in [2.45, 2.75) is 26.4 Å². The highest BCUT2D eigenvalue weighted by atomic mass is 127. The third-order valence-corrected chi connectivity index (χ3v) is 3.51. The van der Waals surface area contributed by atoms with E-state index in [1.54, 1.807) is 6.20 Å². The Bertz CT molecular complexity index is 575. The number of aryl methyl sites for hydroxylation is 2. The number of rotatable bonds is 7. The van der Waals surface area contributed by atoms with E-state index >= 15 is 0 Å². The van der Waals surface area contributed by atoms with Gasteiger partial charge in [0.15, 0.2) is 5.96 Å². The number of hydrogen-bond acceptors (Lipinski definition) is 2. The summed E-state index contributed by atoms with van der Waals surface area (Å²) >= 11 is 0. The van der Waals surface area contributed by atoms with Crippen LogP contribution in [0.4, 0.5) is 0 Å². The van der Waals surface area contributed by atoms with E-state index < -0.39 is 0 Å². The van der Waals surface area contributed by atoms with Crippen LogP contribution in [0.25, 0.3) is 0 Å². The summed E-state index contributed by atoms with van der Waals surface area (Å²) in [7, 11) is 4.14. The molecular formula is C16H27IN6. The Hall–Kier alpha value is -1.51. The minimum atomic E-state index is 0. The van der Waals surface area contributed by atoms with Crippen LogP contribution in [0.15, 0.2) is 41.8 Å². The first-order valence-electron chi connectivity index (χ1n) is 7.77. The molecule has 0 aliphatic heterocycles. The molecule has 0 amide bonds. The summed E-state index contributed by atoms with van der Waals surface area (Å²) in [6.07, 6.45) is 6.84. The number of halogens is 1. The van der Waals surface area contributed by atoms with E-state index in [0.29, 0.717) is 0 Å². The summed E-state index contributed by atoms with van der Waals surface area (Å²) in [5, 5.41) is 7.56. The molecule has 7 heteroatoms. The minimum absolute atomic E-state index is 0. The van der Waals surface area contributed by atoms with E-state index in [2.05, 4.69) is 59.2 Å². The molecule has 6 nitrogen and oxygen atoms in total. The average Bonchev–Trinajstić information content (AvgIpc) is 3.15. The largest absolute Gasteiger partial charge is 0.357 e. The van der Waals surface area contributed by atoms with Crippen LogP contribution in [0.5, 0.6) is 0 Å². The zero-order chi connectivity index (χ0) is 15.8. The van der Waals surface area contributed by atoms with Crippen LogP contribution in [0, 0.1) is 0 Å². The van der Waals surface area contributed by atoms with E-state index in [1.165, 1.54) is 5.69 Å². The molecule has 2 rings (SSSR count). The molecule has 2 aromatic rings. The fourth-order valence-electron chi connectivity index (χ4n) is 2.30. The summed E-state index contributed by atoms with van der Waals surface area (Å²) in [6, 6.07) is 6.15. The average molecular weight is 430 g/mol. The topological polar surface area (TPSA) is 50.4 Å². The fraction of sp³-hybridized carbons (Fsp3) is 0.500. The normalized spacial score (nSPS) is 11.2. The van der Waals surface area contributed by atoms with Crippen molar-refractivity contribution in [3.8, 4) is 0 Å². The van der Waals surface area contributed by atoms with Crippen molar-refractivity contribution in [1.29, 1.82) is 0 Å². The molecule has 2 aromatic heterocycles. The lowest BCUT2D eigenvalue weighted by atomic mass is 10.4. The molecule has 0 atom stereocenters. The van der Waals surface area contributed by atoms with Gasteiger partial charge in [0.25, 0.3) is 0 Å². The Balaban J connectivity index is 0.00000264. The molecule has 2 heterocycles. The monoisotopic (exact) mass is 430 g/mol. The summed E-state index contributed by atoms with van der Waals surface area (Å²) in [4.78, 5) is 6.86. The zero-order valence-electron chi connectivity index (χ0n) is 14.1. The van der Waals surface area contributed by atoms with Gasteiger partial charge in [0.1, 0.15) is 0 Å². The summed E-state index contributed by atoms with van der Waals surface area (Å²) < 4.78 is 4.08. The number of nitrogens with zero attached hydrogens (tertiary/aromatic N) is 5. The molecule has 0 spiro atoms. The quantitative estimate of drug-likeness (QED) is 0.318. The number of aliphatic imine (C=N–C) groups is 1. The highest BCUT2D eigenvalue weighted by molar-refractivity contribution is 14.0. The van der Waals surface area contributed by atoms with Crippen LogP contribution in [0.2, 0.25) is 0 Å². The van der Waals surface area contributed by atoms with Crippen molar-refractivity contribution in [3.63, 3.8) is 0 Å². The van der Waals surface area contributed by atoms with Gasteiger partial charge in [0, 0.05) is 58.0 Å². The lowest BCUT2D eigenvalue weighted by molar-refractivity contribution is 0.460. The number of nitrogens with one attached hydrogen (secondary N) is 1. The molecule has 128 valence electrons. The second kappa shape index (κ2) is 10.3. The number of hydrogen-bond donors (Lipinski definition) is 1. The number of aromatic nitrogens is 3. The lowest BCUT2D eigenvalue weighted by Crippen LogP contribution is -2.38. The van der Waals surface area contributed by atoms with Gasteiger partial charge in [-0.2, -0.15) is 5.10 Å². The highest BCUT2D eigenvalue weighted by Gasteiger charge is 2.07. The van der Waals surface area contributed by atoms with E-state index in [-0.39, 0.29) is 24.0 Å². The van der Waals surface area contributed by atoms with Gasteiger partial charge in [-0.1, -0.05) is 0 Å². The van der Waals surface area contributed by atoms with Crippen molar-refractivity contribution >= 4 is 29.9 Å². The van der Waals surface area contributed by atoms with Crippen LogP contribution in [0.1, 0.15) is 19.0 Å². The Morgan fingerprint density at radius 2 is 2.17 bits per heavy atom. The van der Waals surface area contributed by atoms with Crippen LogP contribution in [-0.4, -0.2) is 45.3 Å². The SMILES string of the molecule is CCNC(=NCCCn1cccn1)N(C)Cc1cccn1C.I. The smallest absolute Gasteiger partial charge is 0.194 e. The summed E-state index contributed by atoms with van der Waals surface area (Å²) in [5.41, 5.74) is 1.27. The molecule has 0 fully saturated rings. The van der Waals surface area contributed by atoms with Crippen molar-refractivity contribution in [3.05, 3.63) is 42.5 Å². The first-order chi connectivity index (χ1) is 10.7. The first-order valence-corrected chi connectivity index (χ1v) is 7.77. The van der Waals surface area contributed by atoms with Crippen molar-refractivity contribution in [2.75, 3.05) is 20.1 Å². The second-order valence-corrected chi connectivity index (χ2v) is 5.32. The van der Waals surface area contributed by atoms with E-state index in [0.717, 1.165) is 38.6 Å². The maximum Gasteiger partial charge on any atom is 0.194 e. The molecule has 0 bridgehead atoms. The van der Waals surface area contributed by atoms with E-state index in [4.69, 9.17) is 4.99 Å². The third kappa shape index (κ3) is 6.25. The predicted molar refractivity (Wildman–Crippen MR) is 105 cm³/mol. The Labute approximate surface area is 155 Å². The Morgan fingerprint density at radius 1 is 1.35 bits per heavy atom. The predicted octanol–water partition coefficient (Wildman–Crippen LogP) is 2.33. The van der Waals surface area contributed by atoms with Gasteiger partial charge in [-0.25, -0.2) is 0 Å². The van der Waals surface area contributed by atoms with Gasteiger partial charge >= 0.3 is 0 Å². The van der Waals surface area contributed by atoms with Crippen LogP contribution < -0.4 is 5.32 Å². The molecular weight excluding hydrogens is 403 g/mol. The van der Waals surface area contributed by atoms with Crippen LogP contribution in [-0.2, 0) is 20.1 Å². The fourth-order valence-corrected chi connectivity index (χ4v) is 2.30. The molecule has 23 heavy (non-hydrogen) atoms. The van der Waals surface area contributed by atoms with Gasteiger partial charge < -0.3 is 14.8 Å². The van der Waals surface area contributed by atoms with E-state index in [9.17, 15) is 0 Å². The van der Waals surface area contributed by atoms with Gasteiger partial charge in [0.2, 0.25) is 0 Å². The van der Waals surface area contributed by atoms with Gasteiger partial charge in [-0.3, -0.25) is 9.67 Å². The zero-order valence-corrected chi connectivity index (χ0v) is 16.5. The molecule has 0 unspecified atom stereocenters. The number of guanidine groups is 1.